The second-order valence-electron chi connectivity index (χ2n) is 6.46. The average molecular weight is 276 g/mol. The van der Waals surface area contributed by atoms with Gasteiger partial charge in [-0.1, -0.05) is 23.8 Å². The van der Waals surface area contributed by atoms with Gasteiger partial charge in [0.2, 0.25) is 0 Å². The second kappa shape index (κ2) is 7.80. The van der Waals surface area contributed by atoms with E-state index >= 15 is 0 Å². The van der Waals surface area contributed by atoms with Gasteiger partial charge in [0.25, 0.3) is 0 Å². The van der Waals surface area contributed by atoms with Gasteiger partial charge in [-0.15, -0.1) is 0 Å². The predicted molar refractivity (Wildman–Crippen MR) is 89.3 cm³/mol. The molecule has 1 rings (SSSR count). The number of benzene rings is 1. The molecular formula is C18H32N2. The van der Waals surface area contributed by atoms with Crippen molar-refractivity contribution in [3.63, 3.8) is 0 Å². The smallest absolute Gasteiger partial charge is 0.0295 e. The zero-order valence-corrected chi connectivity index (χ0v) is 14.3. The van der Waals surface area contributed by atoms with Gasteiger partial charge in [-0.3, -0.25) is 4.90 Å². The minimum absolute atomic E-state index is 0.413. The summed E-state index contributed by atoms with van der Waals surface area (Å²) in [4.78, 5) is 2.53. The van der Waals surface area contributed by atoms with Gasteiger partial charge < -0.3 is 5.32 Å². The number of nitrogens with one attached hydrogen (secondary N) is 1. The molecule has 0 aromatic heterocycles. The Labute approximate surface area is 125 Å². The highest BCUT2D eigenvalue weighted by molar-refractivity contribution is 5.32. The highest BCUT2D eigenvalue weighted by atomic mass is 15.2. The zero-order valence-electron chi connectivity index (χ0n) is 14.3. The van der Waals surface area contributed by atoms with E-state index in [0.717, 1.165) is 13.1 Å². The Bertz CT molecular complexity index is 402. The first kappa shape index (κ1) is 17.2. The fourth-order valence-corrected chi connectivity index (χ4v) is 2.86. The van der Waals surface area contributed by atoms with Crippen LogP contribution < -0.4 is 5.32 Å². The van der Waals surface area contributed by atoms with Gasteiger partial charge in [-0.05, 0) is 59.6 Å². The van der Waals surface area contributed by atoms with Crippen molar-refractivity contribution in [3.05, 3.63) is 34.9 Å². The van der Waals surface area contributed by atoms with E-state index in [9.17, 15) is 0 Å². The fourth-order valence-electron chi connectivity index (χ4n) is 2.86. The SMILES string of the molecule is Cc1ccc(C)c(C(C)NCCN(C(C)C)C(C)C)c1. The molecule has 2 heteroatoms. The molecule has 0 saturated carbocycles. The third-order valence-electron chi connectivity index (χ3n) is 4.05. The summed E-state index contributed by atoms with van der Waals surface area (Å²) in [6.45, 7) is 17.8. The lowest BCUT2D eigenvalue weighted by molar-refractivity contribution is 0.174. The standard InChI is InChI=1S/C18H32N2/c1-13(2)20(14(3)4)11-10-19-17(7)18-12-15(5)8-9-16(18)6/h8-9,12-14,17,19H,10-11H2,1-7H3. The maximum atomic E-state index is 3.67. The van der Waals surface area contributed by atoms with Crippen LogP contribution in [0.1, 0.15) is 57.4 Å². The van der Waals surface area contributed by atoms with Gasteiger partial charge in [0, 0.05) is 31.2 Å². The lowest BCUT2D eigenvalue weighted by Crippen LogP contribution is -2.41. The van der Waals surface area contributed by atoms with Crippen molar-refractivity contribution in [1.82, 2.24) is 10.2 Å². The minimum atomic E-state index is 0.413. The Morgan fingerprint density at radius 3 is 2.15 bits per heavy atom. The summed E-state index contributed by atoms with van der Waals surface area (Å²) in [6.07, 6.45) is 0. The van der Waals surface area contributed by atoms with Gasteiger partial charge in [0.15, 0.2) is 0 Å². The van der Waals surface area contributed by atoms with Gasteiger partial charge in [0.1, 0.15) is 0 Å². The van der Waals surface area contributed by atoms with Crippen LogP contribution in [0.5, 0.6) is 0 Å². The molecule has 114 valence electrons. The lowest BCUT2D eigenvalue weighted by atomic mass is 10.00. The van der Waals surface area contributed by atoms with Crippen LogP contribution in [0.3, 0.4) is 0 Å². The molecular weight excluding hydrogens is 244 g/mol. The van der Waals surface area contributed by atoms with E-state index in [4.69, 9.17) is 0 Å². The van der Waals surface area contributed by atoms with Crippen molar-refractivity contribution in [2.75, 3.05) is 13.1 Å². The number of hydrogen-bond acceptors (Lipinski definition) is 2. The molecule has 0 aliphatic carbocycles. The summed E-state index contributed by atoms with van der Waals surface area (Å²) < 4.78 is 0. The Morgan fingerprint density at radius 1 is 1.00 bits per heavy atom. The van der Waals surface area contributed by atoms with Gasteiger partial charge >= 0.3 is 0 Å². The van der Waals surface area contributed by atoms with Gasteiger partial charge in [-0.25, -0.2) is 0 Å². The maximum absolute atomic E-state index is 3.67. The number of aryl methyl sites for hydroxylation is 2. The molecule has 1 N–H and O–H groups in total. The third-order valence-corrected chi connectivity index (χ3v) is 4.05. The summed E-state index contributed by atoms with van der Waals surface area (Å²) in [7, 11) is 0. The van der Waals surface area contributed by atoms with Crippen molar-refractivity contribution >= 4 is 0 Å². The van der Waals surface area contributed by atoms with E-state index in [0.29, 0.717) is 18.1 Å². The summed E-state index contributed by atoms with van der Waals surface area (Å²) in [5.74, 6) is 0. The van der Waals surface area contributed by atoms with Crippen LogP contribution in [0.25, 0.3) is 0 Å². The molecule has 0 saturated heterocycles. The highest BCUT2D eigenvalue weighted by Crippen LogP contribution is 2.18. The molecule has 0 radical (unpaired) electrons. The van der Waals surface area contributed by atoms with Crippen LogP contribution >= 0.6 is 0 Å². The molecule has 1 unspecified atom stereocenters. The van der Waals surface area contributed by atoms with Crippen LogP contribution in [0.4, 0.5) is 0 Å². The predicted octanol–water partition coefficient (Wildman–Crippen LogP) is 4.07. The molecule has 0 aliphatic heterocycles. The van der Waals surface area contributed by atoms with E-state index in [2.05, 4.69) is 76.9 Å². The average Bonchev–Trinajstić information content (AvgIpc) is 2.36. The van der Waals surface area contributed by atoms with Gasteiger partial charge in [-0.2, -0.15) is 0 Å². The van der Waals surface area contributed by atoms with E-state index in [1.165, 1.54) is 16.7 Å². The van der Waals surface area contributed by atoms with Crippen molar-refractivity contribution in [2.45, 2.75) is 66.6 Å². The Hall–Kier alpha value is -0.860. The first-order valence-electron chi connectivity index (χ1n) is 7.89. The summed E-state index contributed by atoms with van der Waals surface area (Å²) in [6, 6.07) is 8.33. The number of hydrogen-bond donors (Lipinski definition) is 1. The zero-order chi connectivity index (χ0) is 15.3. The Balaban J connectivity index is 2.55. The molecule has 0 spiro atoms. The normalized spacial score (nSPS) is 13.5. The largest absolute Gasteiger partial charge is 0.309 e. The third kappa shape index (κ3) is 4.92. The Morgan fingerprint density at radius 2 is 1.60 bits per heavy atom. The number of nitrogens with zero attached hydrogens (tertiary/aromatic N) is 1. The quantitative estimate of drug-likeness (QED) is 0.807. The van der Waals surface area contributed by atoms with Crippen LogP contribution in [0.15, 0.2) is 18.2 Å². The Kier molecular flexibility index (Phi) is 6.70. The van der Waals surface area contributed by atoms with Crippen LogP contribution in [0.2, 0.25) is 0 Å². The molecule has 1 aromatic rings. The first-order valence-corrected chi connectivity index (χ1v) is 7.89. The van der Waals surface area contributed by atoms with E-state index in [-0.39, 0.29) is 0 Å². The monoisotopic (exact) mass is 276 g/mol. The van der Waals surface area contributed by atoms with E-state index in [1.54, 1.807) is 0 Å². The van der Waals surface area contributed by atoms with Crippen molar-refractivity contribution in [3.8, 4) is 0 Å². The lowest BCUT2D eigenvalue weighted by Gasteiger charge is -2.31. The molecule has 1 atom stereocenters. The van der Waals surface area contributed by atoms with Crippen LogP contribution in [0, 0.1) is 13.8 Å². The molecule has 0 aliphatic rings. The molecule has 0 heterocycles. The molecule has 0 amide bonds. The molecule has 20 heavy (non-hydrogen) atoms. The van der Waals surface area contributed by atoms with E-state index < -0.39 is 0 Å². The topological polar surface area (TPSA) is 15.3 Å². The first-order chi connectivity index (χ1) is 9.32. The number of rotatable bonds is 7. The second-order valence-corrected chi connectivity index (χ2v) is 6.46. The van der Waals surface area contributed by atoms with Crippen molar-refractivity contribution in [1.29, 1.82) is 0 Å². The minimum Gasteiger partial charge on any atom is -0.309 e. The summed E-state index contributed by atoms with van der Waals surface area (Å²) in [5.41, 5.74) is 4.14. The molecule has 2 nitrogen and oxygen atoms in total. The highest BCUT2D eigenvalue weighted by Gasteiger charge is 2.14. The summed E-state index contributed by atoms with van der Waals surface area (Å²) in [5, 5.41) is 3.67. The van der Waals surface area contributed by atoms with E-state index in [1.807, 2.05) is 0 Å². The van der Waals surface area contributed by atoms with Crippen LogP contribution in [-0.2, 0) is 0 Å². The summed E-state index contributed by atoms with van der Waals surface area (Å²) >= 11 is 0. The fraction of sp³-hybridized carbons (Fsp3) is 0.667. The van der Waals surface area contributed by atoms with Crippen molar-refractivity contribution < 1.29 is 0 Å². The molecule has 0 fully saturated rings. The molecule has 0 bridgehead atoms. The van der Waals surface area contributed by atoms with Crippen molar-refractivity contribution in [2.24, 2.45) is 0 Å². The molecule has 1 aromatic carbocycles. The van der Waals surface area contributed by atoms with Gasteiger partial charge in [0.05, 0.1) is 0 Å². The maximum Gasteiger partial charge on any atom is 0.0295 e. The van der Waals surface area contributed by atoms with Crippen LogP contribution in [-0.4, -0.2) is 30.1 Å².